The first-order chi connectivity index (χ1) is 10.2. The average molecular weight is 284 g/mol. The Kier molecular flexibility index (Phi) is 5.80. The number of nitrogens with one attached hydrogen (secondary N) is 1. The highest BCUT2D eigenvalue weighted by atomic mass is 16.1. The van der Waals surface area contributed by atoms with E-state index in [1.165, 1.54) is 19.3 Å². The maximum Gasteiger partial charge on any atom is 0.221 e. The lowest BCUT2D eigenvalue weighted by Crippen LogP contribution is -2.47. The Balaban J connectivity index is 1.88. The molecule has 1 aromatic rings. The van der Waals surface area contributed by atoms with E-state index in [9.17, 15) is 10.1 Å². The zero-order chi connectivity index (χ0) is 15.0. The Bertz CT molecular complexity index is 482. The van der Waals surface area contributed by atoms with Gasteiger partial charge in [-0.2, -0.15) is 5.26 Å². The van der Waals surface area contributed by atoms with Crippen LogP contribution in [0.2, 0.25) is 0 Å². The molecule has 1 aliphatic rings. The Labute approximate surface area is 127 Å². The summed E-state index contributed by atoms with van der Waals surface area (Å²) in [6.07, 6.45) is 8.43. The molecule has 1 amide bonds. The number of rotatable bonds is 4. The van der Waals surface area contributed by atoms with Crippen molar-refractivity contribution in [3.05, 3.63) is 35.9 Å². The van der Waals surface area contributed by atoms with E-state index in [1.807, 2.05) is 30.3 Å². The van der Waals surface area contributed by atoms with Crippen LogP contribution in [0.3, 0.4) is 0 Å². The van der Waals surface area contributed by atoms with E-state index in [-0.39, 0.29) is 5.91 Å². The Hall–Kier alpha value is -1.82. The van der Waals surface area contributed by atoms with Crippen LogP contribution in [-0.4, -0.2) is 11.4 Å². The predicted molar refractivity (Wildman–Crippen MR) is 83.6 cm³/mol. The van der Waals surface area contributed by atoms with Crippen LogP contribution in [0.25, 0.3) is 0 Å². The molecular formula is C18H24N2O. The summed E-state index contributed by atoms with van der Waals surface area (Å²) in [6.45, 7) is 0. The number of carbonyl (C=O) groups is 1. The fraction of sp³-hybridized carbons (Fsp3) is 0.556. The van der Waals surface area contributed by atoms with Gasteiger partial charge in [0.05, 0.1) is 6.07 Å². The van der Waals surface area contributed by atoms with E-state index in [0.29, 0.717) is 6.42 Å². The number of hydrogen-bond acceptors (Lipinski definition) is 2. The highest BCUT2D eigenvalue weighted by Gasteiger charge is 2.31. The Morgan fingerprint density at radius 2 is 1.71 bits per heavy atom. The van der Waals surface area contributed by atoms with E-state index in [0.717, 1.165) is 37.7 Å². The molecule has 0 atom stereocenters. The predicted octanol–water partition coefficient (Wildman–Crippen LogP) is 3.74. The summed E-state index contributed by atoms with van der Waals surface area (Å²) >= 11 is 0. The number of carbonyl (C=O) groups excluding carboxylic acids is 1. The van der Waals surface area contributed by atoms with Crippen molar-refractivity contribution in [1.82, 2.24) is 5.32 Å². The van der Waals surface area contributed by atoms with Gasteiger partial charge in [-0.25, -0.2) is 0 Å². The summed E-state index contributed by atoms with van der Waals surface area (Å²) in [6, 6.07) is 12.4. The van der Waals surface area contributed by atoms with E-state index < -0.39 is 5.54 Å². The minimum absolute atomic E-state index is 0.000904. The molecule has 2 rings (SSSR count). The molecule has 0 bridgehead atoms. The largest absolute Gasteiger partial charge is 0.338 e. The van der Waals surface area contributed by atoms with Crippen LogP contribution in [0.1, 0.15) is 56.9 Å². The summed E-state index contributed by atoms with van der Waals surface area (Å²) in [5.74, 6) is 0.000904. The molecule has 1 saturated carbocycles. The summed E-state index contributed by atoms with van der Waals surface area (Å²) in [4.78, 5) is 12.2. The van der Waals surface area contributed by atoms with Gasteiger partial charge in [-0.1, -0.05) is 62.4 Å². The van der Waals surface area contributed by atoms with Crippen molar-refractivity contribution in [2.24, 2.45) is 0 Å². The highest BCUT2D eigenvalue weighted by Crippen LogP contribution is 2.26. The first-order valence-electron chi connectivity index (χ1n) is 8.00. The van der Waals surface area contributed by atoms with Gasteiger partial charge in [-0.15, -0.1) is 0 Å². The van der Waals surface area contributed by atoms with Crippen molar-refractivity contribution in [1.29, 1.82) is 5.26 Å². The van der Waals surface area contributed by atoms with Gasteiger partial charge >= 0.3 is 0 Å². The number of nitrogens with zero attached hydrogens (tertiary/aromatic N) is 1. The molecule has 0 saturated heterocycles. The quantitative estimate of drug-likeness (QED) is 0.915. The van der Waals surface area contributed by atoms with Crippen LogP contribution >= 0.6 is 0 Å². The molecule has 1 aromatic carbocycles. The maximum absolute atomic E-state index is 12.2. The molecule has 1 fully saturated rings. The SMILES string of the molecule is N#CC1(NC(=O)CCc2ccccc2)CCCCCCC1. The van der Waals surface area contributed by atoms with Crippen molar-refractivity contribution in [2.45, 2.75) is 63.3 Å². The molecule has 0 aromatic heterocycles. The normalized spacial score (nSPS) is 18.0. The fourth-order valence-corrected chi connectivity index (χ4v) is 3.01. The van der Waals surface area contributed by atoms with Crippen molar-refractivity contribution in [2.75, 3.05) is 0 Å². The van der Waals surface area contributed by atoms with Gasteiger partial charge in [0.15, 0.2) is 0 Å². The van der Waals surface area contributed by atoms with Crippen LogP contribution in [0.5, 0.6) is 0 Å². The Morgan fingerprint density at radius 1 is 1.10 bits per heavy atom. The van der Waals surface area contributed by atoms with E-state index in [4.69, 9.17) is 0 Å². The van der Waals surface area contributed by atoms with Gasteiger partial charge < -0.3 is 5.32 Å². The van der Waals surface area contributed by atoms with Gasteiger partial charge in [0.25, 0.3) is 0 Å². The van der Waals surface area contributed by atoms with Crippen LogP contribution < -0.4 is 5.32 Å². The van der Waals surface area contributed by atoms with Gasteiger partial charge in [0.2, 0.25) is 5.91 Å². The van der Waals surface area contributed by atoms with Crippen molar-refractivity contribution < 1.29 is 4.79 Å². The van der Waals surface area contributed by atoms with Crippen LogP contribution in [0.15, 0.2) is 30.3 Å². The first kappa shape index (κ1) is 15.6. The number of aryl methyl sites for hydroxylation is 1. The average Bonchev–Trinajstić information content (AvgIpc) is 2.49. The minimum atomic E-state index is -0.631. The number of nitriles is 1. The molecule has 1 N–H and O–H groups in total. The minimum Gasteiger partial charge on any atom is -0.338 e. The fourth-order valence-electron chi connectivity index (χ4n) is 3.01. The van der Waals surface area contributed by atoms with Gasteiger partial charge in [0, 0.05) is 6.42 Å². The topological polar surface area (TPSA) is 52.9 Å². The molecule has 0 unspecified atom stereocenters. The van der Waals surface area contributed by atoms with Crippen LogP contribution in [0.4, 0.5) is 0 Å². The molecule has 112 valence electrons. The second kappa shape index (κ2) is 7.83. The van der Waals surface area contributed by atoms with E-state index >= 15 is 0 Å². The molecule has 0 aliphatic heterocycles. The number of amides is 1. The summed E-state index contributed by atoms with van der Waals surface area (Å²) < 4.78 is 0. The highest BCUT2D eigenvalue weighted by molar-refractivity contribution is 5.77. The summed E-state index contributed by atoms with van der Waals surface area (Å²) in [7, 11) is 0. The maximum atomic E-state index is 12.2. The van der Waals surface area contributed by atoms with Crippen molar-refractivity contribution in [3.63, 3.8) is 0 Å². The smallest absolute Gasteiger partial charge is 0.221 e. The standard InChI is InChI=1S/C18H24N2O/c19-15-18(13-7-2-1-3-8-14-18)20-17(21)12-11-16-9-5-4-6-10-16/h4-6,9-10H,1-3,7-8,11-14H2,(H,20,21). The number of hydrogen-bond donors (Lipinski definition) is 1. The lowest BCUT2D eigenvalue weighted by Gasteiger charge is -2.29. The van der Waals surface area contributed by atoms with E-state index in [2.05, 4.69) is 11.4 Å². The third-order valence-corrected chi connectivity index (χ3v) is 4.28. The van der Waals surface area contributed by atoms with Crippen LogP contribution in [0, 0.1) is 11.3 Å². The molecule has 3 heteroatoms. The van der Waals surface area contributed by atoms with Crippen molar-refractivity contribution in [3.8, 4) is 6.07 Å². The van der Waals surface area contributed by atoms with Gasteiger partial charge in [-0.3, -0.25) is 4.79 Å². The molecule has 3 nitrogen and oxygen atoms in total. The molecule has 21 heavy (non-hydrogen) atoms. The van der Waals surface area contributed by atoms with Crippen molar-refractivity contribution >= 4 is 5.91 Å². The lowest BCUT2D eigenvalue weighted by atomic mass is 9.85. The summed E-state index contributed by atoms with van der Waals surface area (Å²) in [5, 5.41) is 12.5. The van der Waals surface area contributed by atoms with E-state index in [1.54, 1.807) is 0 Å². The third kappa shape index (κ3) is 4.90. The second-order valence-electron chi connectivity index (χ2n) is 6.00. The number of benzene rings is 1. The van der Waals surface area contributed by atoms with Crippen LogP contribution in [-0.2, 0) is 11.2 Å². The van der Waals surface area contributed by atoms with Gasteiger partial charge in [0.1, 0.15) is 5.54 Å². The molecule has 0 radical (unpaired) electrons. The molecular weight excluding hydrogens is 260 g/mol. The lowest BCUT2D eigenvalue weighted by molar-refractivity contribution is -0.122. The third-order valence-electron chi connectivity index (χ3n) is 4.28. The molecule has 1 aliphatic carbocycles. The zero-order valence-electron chi connectivity index (χ0n) is 12.6. The zero-order valence-corrected chi connectivity index (χ0v) is 12.6. The summed E-state index contributed by atoms with van der Waals surface area (Å²) in [5.41, 5.74) is 0.533. The monoisotopic (exact) mass is 284 g/mol. The molecule has 0 spiro atoms. The first-order valence-corrected chi connectivity index (χ1v) is 8.00. The molecule has 0 heterocycles. The second-order valence-corrected chi connectivity index (χ2v) is 6.00. The van der Waals surface area contributed by atoms with Gasteiger partial charge in [-0.05, 0) is 24.8 Å². The Morgan fingerprint density at radius 3 is 2.33 bits per heavy atom.